The summed E-state index contributed by atoms with van der Waals surface area (Å²) >= 11 is 0. The van der Waals surface area contributed by atoms with Gasteiger partial charge in [-0.05, 0) is 25.5 Å². The lowest BCUT2D eigenvalue weighted by molar-refractivity contribution is 0.349. The van der Waals surface area contributed by atoms with Crippen molar-refractivity contribution in [2.45, 2.75) is 19.9 Å². The SMILES string of the molecule is COc1ccc(C)c(C(C)N)c1OC. The second-order valence-corrected chi connectivity index (χ2v) is 3.32. The first-order chi connectivity index (χ1) is 6.61. The van der Waals surface area contributed by atoms with Crippen LogP contribution in [0.15, 0.2) is 12.1 Å². The lowest BCUT2D eigenvalue weighted by Crippen LogP contribution is -2.09. The zero-order valence-electron chi connectivity index (χ0n) is 9.13. The second-order valence-electron chi connectivity index (χ2n) is 3.32. The zero-order chi connectivity index (χ0) is 10.7. The van der Waals surface area contributed by atoms with E-state index >= 15 is 0 Å². The Labute approximate surface area is 84.8 Å². The van der Waals surface area contributed by atoms with Gasteiger partial charge in [0.25, 0.3) is 0 Å². The van der Waals surface area contributed by atoms with Gasteiger partial charge in [0, 0.05) is 11.6 Å². The van der Waals surface area contributed by atoms with Crippen LogP contribution in [0.2, 0.25) is 0 Å². The molecule has 0 amide bonds. The third-order valence-electron chi connectivity index (χ3n) is 2.26. The van der Waals surface area contributed by atoms with Gasteiger partial charge in [-0.15, -0.1) is 0 Å². The fraction of sp³-hybridized carbons (Fsp3) is 0.455. The second kappa shape index (κ2) is 4.33. The molecule has 0 saturated heterocycles. The van der Waals surface area contributed by atoms with Gasteiger partial charge in [0.1, 0.15) is 0 Å². The maximum Gasteiger partial charge on any atom is 0.165 e. The van der Waals surface area contributed by atoms with E-state index in [4.69, 9.17) is 15.2 Å². The maximum absolute atomic E-state index is 5.88. The smallest absolute Gasteiger partial charge is 0.165 e. The van der Waals surface area contributed by atoms with E-state index in [1.165, 1.54) is 0 Å². The fourth-order valence-corrected chi connectivity index (χ4v) is 1.62. The van der Waals surface area contributed by atoms with Crippen molar-refractivity contribution in [1.29, 1.82) is 0 Å². The molecule has 0 aliphatic heterocycles. The van der Waals surface area contributed by atoms with Crippen LogP contribution in [0.1, 0.15) is 24.1 Å². The lowest BCUT2D eigenvalue weighted by Gasteiger charge is -2.17. The van der Waals surface area contributed by atoms with Crippen LogP contribution in [0.3, 0.4) is 0 Å². The molecule has 0 fully saturated rings. The molecule has 1 atom stereocenters. The largest absolute Gasteiger partial charge is 0.493 e. The van der Waals surface area contributed by atoms with Crippen LogP contribution in [0.4, 0.5) is 0 Å². The third-order valence-corrected chi connectivity index (χ3v) is 2.26. The maximum atomic E-state index is 5.88. The van der Waals surface area contributed by atoms with Crippen molar-refractivity contribution in [3.8, 4) is 11.5 Å². The first kappa shape index (κ1) is 10.9. The van der Waals surface area contributed by atoms with Crippen LogP contribution < -0.4 is 15.2 Å². The van der Waals surface area contributed by atoms with Gasteiger partial charge in [-0.2, -0.15) is 0 Å². The molecule has 0 bridgehead atoms. The van der Waals surface area contributed by atoms with Crippen LogP contribution >= 0.6 is 0 Å². The number of hydrogen-bond donors (Lipinski definition) is 1. The Morgan fingerprint density at radius 2 is 1.86 bits per heavy atom. The summed E-state index contributed by atoms with van der Waals surface area (Å²) in [5.74, 6) is 1.47. The fourth-order valence-electron chi connectivity index (χ4n) is 1.62. The molecule has 78 valence electrons. The minimum atomic E-state index is -0.0555. The summed E-state index contributed by atoms with van der Waals surface area (Å²) in [6, 6.07) is 3.82. The molecule has 0 spiro atoms. The molecule has 14 heavy (non-hydrogen) atoms. The zero-order valence-corrected chi connectivity index (χ0v) is 9.13. The van der Waals surface area contributed by atoms with Gasteiger partial charge in [-0.1, -0.05) is 6.07 Å². The highest BCUT2D eigenvalue weighted by Crippen LogP contribution is 2.35. The molecule has 0 heterocycles. The molecule has 1 rings (SSSR count). The predicted octanol–water partition coefficient (Wildman–Crippen LogP) is 2.03. The van der Waals surface area contributed by atoms with E-state index in [0.717, 1.165) is 22.6 Å². The van der Waals surface area contributed by atoms with Gasteiger partial charge < -0.3 is 15.2 Å². The van der Waals surface area contributed by atoms with E-state index in [9.17, 15) is 0 Å². The van der Waals surface area contributed by atoms with E-state index in [-0.39, 0.29) is 6.04 Å². The van der Waals surface area contributed by atoms with Crippen molar-refractivity contribution in [3.63, 3.8) is 0 Å². The van der Waals surface area contributed by atoms with Gasteiger partial charge in [0.2, 0.25) is 0 Å². The Kier molecular flexibility index (Phi) is 3.36. The number of aryl methyl sites for hydroxylation is 1. The number of methoxy groups -OCH3 is 2. The number of ether oxygens (including phenoxy) is 2. The van der Waals surface area contributed by atoms with E-state index in [1.807, 2.05) is 26.0 Å². The molecule has 3 nitrogen and oxygen atoms in total. The van der Waals surface area contributed by atoms with Crippen LogP contribution in [-0.4, -0.2) is 14.2 Å². The molecular formula is C11H17NO2. The van der Waals surface area contributed by atoms with Crippen molar-refractivity contribution >= 4 is 0 Å². The van der Waals surface area contributed by atoms with Crippen molar-refractivity contribution < 1.29 is 9.47 Å². The molecule has 1 unspecified atom stereocenters. The number of benzene rings is 1. The van der Waals surface area contributed by atoms with Crippen LogP contribution in [0, 0.1) is 6.92 Å². The van der Waals surface area contributed by atoms with E-state index in [2.05, 4.69) is 0 Å². The summed E-state index contributed by atoms with van der Waals surface area (Å²) < 4.78 is 10.5. The first-order valence-electron chi connectivity index (χ1n) is 4.58. The summed E-state index contributed by atoms with van der Waals surface area (Å²) in [5, 5.41) is 0. The Morgan fingerprint density at radius 1 is 1.21 bits per heavy atom. The van der Waals surface area contributed by atoms with E-state index in [1.54, 1.807) is 14.2 Å². The summed E-state index contributed by atoms with van der Waals surface area (Å²) in [5.41, 5.74) is 8.01. The van der Waals surface area contributed by atoms with Gasteiger partial charge >= 0.3 is 0 Å². The minimum Gasteiger partial charge on any atom is -0.493 e. The van der Waals surface area contributed by atoms with E-state index < -0.39 is 0 Å². The van der Waals surface area contributed by atoms with Crippen molar-refractivity contribution in [2.75, 3.05) is 14.2 Å². The summed E-state index contributed by atoms with van der Waals surface area (Å²) in [6.45, 7) is 3.95. The van der Waals surface area contributed by atoms with Crippen LogP contribution in [-0.2, 0) is 0 Å². The Hall–Kier alpha value is -1.22. The lowest BCUT2D eigenvalue weighted by atomic mass is 10.0. The number of rotatable bonds is 3. The molecule has 2 N–H and O–H groups in total. The van der Waals surface area contributed by atoms with Crippen molar-refractivity contribution in [1.82, 2.24) is 0 Å². The van der Waals surface area contributed by atoms with Gasteiger partial charge in [-0.3, -0.25) is 0 Å². The van der Waals surface area contributed by atoms with Gasteiger partial charge in [-0.25, -0.2) is 0 Å². The molecular weight excluding hydrogens is 178 g/mol. The average Bonchev–Trinajstić information content (AvgIpc) is 2.16. The Balaban J connectivity index is 3.35. The predicted molar refractivity (Wildman–Crippen MR) is 56.9 cm³/mol. The normalized spacial score (nSPS) is 12.4. The molecule has 3 heteroatoms. The molecule has 1 aromatic carbocycles. The number of hydrogen-bond acceptors (Lipinski definition) is 3. The molecule has 0 aliphatic rings. The van der Waals surface area contributed by atoms with Gasteiger partial charge in [0.15, 0.2) is 11.5 Å². The topological polar surface area (TPSA) is 44.5 Å². The standard InChI is InChI=1S/C11H17NO2/c1-7-5-6-9(13-3)11(14-4)10(7)8(2)12/h5-6,8H,12H2,1-4H3. The Bertz CT molecular complexity index is 321. The van der Waals surface area contributed by atoms with Crippen LogP contribution in [0.25, 0.3) is 0 Å². The summed E-state index contributed by atoms with van der Waals surface area (Å²) in [7, 11) is 3.25. The minimum absolute atomic E-state index is 0.0555. The average molecular weight is 195 g/mol. The van der Waals surface area contributed by atoms with Crippen molar-refractivity contribution in [2.24, 2.45) is 5.73 Å². The highest BCUT2D eigenvalue weighted by atomic mass is 16.5. The highest BCUT2D eigenvalue weighted by Gasteiger charge is 2.15. The summed E-state index contributed by atoms with van der Waals surface area (Å²) in [4.78, 5) is 0. The van der Waals surface area contributed by atoms with E-state index in [0.29, 0.717) is 0 Å². The molecule has 0 aliphatic carbocycles. The van der Waals surface area contributed by atoms with Crippen molar-refractivity contribution in [3.05, 3.63) is 23.3 Å². The highest BCUT2D eigenvalue weighted by molar-refractivity contribution is 5.51. The molecule has 0 saturated carbocycles. The molecule has 1 aromatic rings. The van der Waals surface area contributed by atoms with Gasteiger partial charge in [0.05, 0.1) is 14.2 Å². The molecule has 0 aromatic heterocycles. The Morgan fingerprint density at radius 3 is 2.29 bits per heavy atom. The quantitative estimate of drug-likeness (QED) is 0.802. The van der Waals surface area contributed by atoms with Crippen LogP contribution in [0.5, 0.6) is 11.5 Å². The summed E-state index contributed by atoms with van der Waals surface area (Å²) in [6.07, 6.45) is 0. The third kappa shape index (κ3) is 1.82. The number of nitrogens with two attached hydrogens (primary N) is 1. The monoisotopic (exact) mass is 195 g/mol. The molecule has 0 radical (unpaired) electrons. The first-order valence-corrected chi connectivity index (χ1v) is 4.58.